The number of carboxylic acid groups (broad SMARTS) is 1. The van der Waals surface area contributed by atoms with Crippen LogP contribution in [0.3, 0.4) is 0 Å². The highest BCUT2D eigenvalue weighted by Gasteiger charge is 2.49. The number of rotatable bonds is 13. The lowest BCUT2D eigenvalue weighted by molar-refractivity contribution is -0.938. The number of anilines is 1. The van der Waals surface area contributed by atoms with Crippen LogP contribution in [0.4, 0.5) is 5.69 Å². The molecule has 42 heavy (non-hydrogen) atoms. The molecule has 0 saturated carbocycles. The van der Waals surface area contributed by atoms with Crippen LogP contribution in [-0.2, 0) is 25.5 Å². The number of nitrogens with zero attached hydrogens (tertiary/aromatic N) is 1. The van der Waals surface area contributed by atoms with Gasteiger partial charge in [-0.2, -0.15) is 0 Å². The summed E-state index contributed by atoms with van der Waals surface area (Å²) >= 11 is 0. The average Bonchev–Trinajstić information content (AvgIpc) is 3.00. The zero-order valence-electron chi connectivity index (χ0n) is 23.6. The SMILES string of the molecule is O=C(O)CCC(=O)Cc1ccc(C(=O)C[N+]23CCC(CC2)[C@@H](OC(=O)[C@H](Nc2ccccc2)c2ccccc2)C3)cc1. The van der Waals surface area contributed by atoms with Crippen molar-refractivity contribution in [3.05, 3.63) is 102 Å². The van der Waals surface area contributed by atoms with Gasteiger partial charge in [-0.1, -0.05) is 72.8 Å². The Labute approximate surface area is 245 Å². The molecule has 2 atom stereocenters. The summed E-state index contributed by atoms with van der Waals surface area (Å²) in [5, 5.41) is 12.1. The Kier molecular flexibility index (Phi) is 9.12. The average molecular weight is 570 g/mol. The van der Waals surface area contributed by atoms with Gasteiger partial charge in [0, 0.05) is 42.9 Å². The van der Waals surface area contributed by atoms with Gasteiger partial charge in [0.1, 0.15) is 18.9 Å². The maximum absolute atomic E-state index is 13.6. The number of ketones is 2. The molecule has 8 heteroatoms. The van der Waals surface area contributed by atoms with Crippen LogP contribution < -0.4 is 5.32 Å². The first-order chi connectivity index (χ1) is 20.3. The molecule has 3 aromatic carbocycles. The first-order valence-corrected chi connectivity index (χ1v) is 14.6. The van der Waals surface area contributed by atoms with Crippen LogP contribution in [0, 0.1) is 5.92 Å². The normalized spacial score (nSPS) is 21.7. The Morgan fingerprint density at radius 1 is 0.857 bits per heavy atom. The van der Waals surface area contributed by atoms with Crippen molar-refractivity contribution < 1.29 is 33.5 Å². The van der Waals surface area contributed by atoms with Gasteiger partial charge in [-0.25, -0.2) is 4.79 Å². The van der Waals surface area contributed by atoms with Crippen LogP contribution in [-0.4, -0.2) is 65.4 Å². The summed E-state index contributed by atoms with van der Waals surface area (Å²) in [4.78, 5) is 49.7. The minimum atomic E-state index is -0.990. The molecule has 0 radical (unpaired) electrons. The second kappa shape index (κ2) is 13.1. The van der Waals surface area contributed by atoms with Gasteiger partial charge in [0.05, 0.1) is 19.5 Å². The minimum absolute atomic E-state index is 0.00281. The zero-order valence-corrected chi connectivity index (χ0v) is 23.6. The van der Waals surface area contributed by atoms with E-state index in [1.807, 2.05) is 60.7 Å². The van der Waals surface area contributed by atoms with Gasteiger partial charge in [-0.3, -0.25) is 14.4 Å². The van der Waals surface area contributed by atoms with Crippen molar-refractivity contribution in [2.24, 2.45) is 5.92 Å². The smallest absolute Gasteiger partial charge is 0.333 e. The van der Waals surface area contributed by atoms with Crippen molar-refractivity contribution in [3.8, 4) is 0 Å². The molecule has 0 unspecified atom stereocenters. The number of carbonyl (C=O) groups is 4. The van der Waals surface area contributed by atoms with Crippen molar-refractivity contribution in [1.29, 1.82) is 0 Å². The van der Waals surface area contributed by atoms with Crippen LogP contribution in [0.2, 0.25) is 0 Å². The van der Waals surface area contributed by atoms with Crippen LogP contribution in [0.1, 0.15) is 53.2 Å². The fraction of sp³-hybridized carbons (Fsp3) is 0.353. The van der Waals surface area contributed by atoms with Crippen molar-refractivity contribution in [2.45, 2.75) is 44.2 Å². The number of hydrogen-bond acceptors (Lipinski definition) is 6. The molecule has 8 nitrogen and oxygen atoms in total. The highest BCUT2D eigenvalue weighted by molar-refractivity contribution is 5.97. The van der Waals surface area contributed by atoms with Gasteiger partial charge in [0.25, 0.3) is 0 Å². The highest BCUT2D eigenvalue weighted by Crippen LogP contribution is 2.37. The molecule has 0 aromatic heterocycles. The number of quaternary nitrogens is 1. The monoisotopic (exact) mass is 569 g/mol. The summed E-state index contributed by atoms with van der Waals surface area (Å²) in [6.07, 6.45) is 1.53. The number of benzene rings is 3. The van der Waals surface area contributed by atoms with Crippen LogP contribution in [0.15, 0.2) is 84.9 Å². The van der Waals surface area contributed by atoms with E-state index in [1.54, 1.807) is 24.3 Å². The highest BCUT2D eigenvalue weighted by atomic mass is 16.5. The van der Waals surface area contributed by atoms with Gasteiger partial charge in [0.15, 0.2) is 12.1 Å². The molecule has 218 valence electrons. The van der Waals surface area contributed by atoms with Crippen LogP contribution in [0.5, 0.6) is 0 Å². The van der Waals surface area contributed by atoms with E-state index >= 15 is 0 Å². The molecule has 3 aromatic rings. The Hall–Kier alpha value is -4.30. The fourth-order valence-electron chi connectivity index (χ4n) is 6.19. The van der Waals surface area contributed by atoms with Crippen LogP contribution >= 0.6 is 0 Å². The van der Waals surface area contributed by atoms with E-state index in [0.717, 1.165) is 42.7 Å². The lowest BCUT2D eigenvalue weighted by atomic mass is 9.82. The van der Waals surface area contributed by atoms with E-state index in [1.165, 1.54) is 0 Å². The minimum Gasteiger partial charge on any atom is -0.481 e. The summed E-state index contributed by atoms with van der Waals surface area (Å²) in [5.74, 6) is -1.13. The number of aliphatic carboxylic acids is 1. The lowest BCUT2D eigenvalue weighted by Gasteiger charge is -2.51. The number of carbonyl (C=O) groups excluding carboxylic acids is 3. The van der Waals surface area contributed by atoms with Gasteiger partial charge in [-0.15, -0.1) is 0 Å². The van der Waals surface area contributed by atoms with Gasteiger partial charge < -0.3 is 19.6 Å². The second-order valence-electron chi connectivity index (χ2n) is 11.5. The summed E-state index contributed by atoms with van der Waals surface area (Å²) in [5.41, 5.74) is 3.01. The molecule has 2 N–H and O–H groups in total. The predicted molar refractivity (Wildman–Crippen MR) is 158 cm³/mol. The van der Waals surface area contributed by atoms with Crippen molar-refractivity contribution in [3.63, 3.8) is 0 Å². The Balaban J connectivity index is 1.22. The fourth-order valence-corrected chi connectivity index (χ4v) is 6.19. The molecule has 0 spiro atoms. The van der Waals surface area contributed by atoms with E-state index in [-0.39, 0.29) is 48.8 Å². The first-order valence-electron chi connectivity index (χ1n) is 14.6. The molecular formula is C34H37N2O6+. The number of hydrogen-bond donors (Lipinski definition) is 2. The number of nitrogens with one attached hydrogen (secondary N) is 1. The molecule has 0 aliphatic carbocycles. The van der Waals surface area contributed by atoms with Gasteiger partial charge in [-0.05, 0) is 23.3 Å². The lowest BCUT2D eigenvalue weighted by Crippen LogP contribution is -2.65. The summed E-state index contributed by atoms with van der Waals surface area (Å²) < 4.78 is 6.82. The molecule has 6 rings (SSSR count). The summed E-state index contributed by atoms with van der Waals surface area (Å²) in [6.45, 7) is 2.71. The molecule has 0 amide bonds. The number of carboxylic acids is 1. The van der Waals surface area contributed by atoms with Gasteiger partial charge >= 0.3 is 11.9 Å². The predicted octanol–water partition coefficient (Wildman–Crippen LogP) is 4.85. The molecule has 3 aliphatic rings. The van der Waals surface area contributed by atoms with Crippen molar-refractivity contribution >= 4 is 29.2 Å². The first kappa shape index (κ1) is 29.2. The maximum atomic E-state index is 13.6. The molecule has 3 fully saturated rings. The third-order valence-corrected chi connectivity index (χ3v) is 8.54. The van der Waals surface area contributed by atoms with E-state index in [4.69, 9.17) is 9.84 Å². The maximum Gasteiger partial charge on any atom is 0.333 e. The molecule has 3 saturated heterocycles. The zero-order chi connectivity index (χ0) is 29.5. The van der Waals surface area contributed by atoms with E-state index < -0.39 is 12.0 Å². The molecular weight excluding hydrogens is 532 g/mol. The number of piperidine rings is 3. The molecule has 3 aliphatic heterocycles. The Morgan fingerprint density at radius 2 is 1.50 bits per heavy atom. The number of Topliss-reactive ketones (excluding diaryl/α,β-unsaturated/α-hetero) is 2. The van der Waals surface area contributed by atoms with E-state index in [0.29, 0.717) is 23.1 Å². The van der Waals surface area contributed by atoms with Crippen molar-refractivity contribution in [2.75, 3.05) is 31.5 Å². The van der Waals surface area contributed by atoms with Gasteiger partial charge in [0.2, 0.25) is 5.78 Å². The number of esters is 1. The third-order valence-electron chi connectivity index (χ3n) is 8.54. The van der Waals surface area contributed by atoms with Crippen LogP contribution in [0.25, 0.3) is 0 Å². The quantitative estimate of drug-likeness (QED) is 0.172. The number of ether oxygens (including phenoxy) is 1. The topological polar surface area (TPSA) is 110 Å². The second-order valence-corrected chi connectivity index (χ2v) is 11.5. The third kappa shape index (κ3) is 7.31. The number of fused-ring (bicyclic) bond motifs is 3. The largest absolute Gasteiger partial charge is 0.481 e. The van der Waals surface area contributed by atoms with E-state index in [2.05, 4.69) is 5.32 Å². The molecule has 3 heterocycles. The van der Waals surface area contributed by atoms with E-state index in [9.17, 15) is 19.2 Å². The molecule has 2 bridgehead atoms. The van der Waals surface area contributed by atoms with Crippen molar-refractivity contribution in [1.82, 2.24) is 0 Å². The Bertz CT molecular complexity index is 1400. The Morgan fingerprint density at radius 3 is 2.14 bits per heavy atom. The summed E-state index contributed by atoms with van der Waals surface area (Å²) in [7, 11) is 0. The summed E-state index contributed by atoms with van der Waals surface area (Å²) in [6, 6.07) is 25.6. The number of para-hydroxylation sites is 1. The standard InChI is InChI=1S/C34H36N2O6/c37-29(15-16-32(39)40)21-24-11-13-25(14-12-24)30(38)22-36-19-17-26(18-20-36)31(23-36)42-34(41)33(27-7-3-1-4-8-27)35-28-9-5-2-6-10-28/h1-14,26,31,33,35H,15-23H2/p+1/t26?,31-,33+,36?/m0/s1.